The van der Waals surface area contributed by atoms with Gasteiger partial charge in [-0.1, -0.05) is 15.9 Å². The second-order valence-electron chi connectivity index (χ2n) is 7.21. The molecule has 8 heteroatoms. The lowest BCUT2D eigenvalue weighted by atomic mass is 10.1. The fourth-order valence-electron chi connectivity index (χ4n) is 1.69. The third kappa shape index (κ3) is 8.63. The molecule has 0 rings (SSSR count). The van der Waals surface area contributed by atoms with Crippen LogP contribution in [-0.2, 0) is 28.7 Å². The Labute approximate surface area is 152 Å². The number of nitrogens with zero attached hydrogens (tertiary/aromatic N) is 1. The summed E-state index contributed by atoms with van der Waals surface area (Å²) in [5, 5.41) is 1.41. The Balaban J connectivity index is 5.57. The van der Waals surface area contributed by atoms with Gasteiger partial charge in [0, 0.05) is 5.33 Å². The van der Waals surface area contributed by atoms with E-state index >= 15 is 0 Å². The number of halogens is 1. The highest BCUT2D eigenvalue weighted by Gasteiger charge is 2.39. The lowest BCUT2D eigenvalue weighted by Gasteiger charge is -2.34. The first kappa shape index (κ1) is 22.9. The van der Waals surface area contributed by atoms with E-state index in [-0.39, 0.29) is 6.42 Å². The molecule has 0 aromatic heterocycles. The minimum absolute atomic E-state index is 0.280. The summed E-state index contributed by atoms with van der Waals surface area (Å²) in [6.07, 6.45) is 0.869. The fourth-order valence-corrected chi connectivity index (χ4v) is 2.01. The van der Waals surface area contributed by atoms with Crippen LogP contribution in [0.15, 0.2) is 0 Å². The normalized spacial score (nSPS) is 13.2. The summed E-state index contributed by atoms with van der Waals surface area (Å²) in [6.45, 7) is 10.1. The van der Waals surface area contributed by atoms with Crippen molar-refractivity contribution in [2.24, 2.45) is 0 Å². The fraction of sp³-hybridized carbons (Fsp3) is 0.812. The maximum atomic E-state index is 12.5. The van der Waals surface area contributed by atoms with Gasteiger partial charge in [0.25, 0.3) is 0 Å². The first-order valence-corrected chi connectivity index (χ1v) is 8.84. The lowest BCUT2D eigenvalue weighted by molar-refractivity contribution is -0.247. The number of hydrogen-bond acceptors (Lipinski definition) is 6. The Morgan fingerprint density at radius 1 is 1.04 bits per heavy atom. The third-order valence-electron chi connectivity index (χ3n) is 2.51. The summed E-state index contributed by atoms with van der Waals surface area (Å²) in [4.78, 5) is 42.3. The van der Waals surface area contributed by atoms with E-state index < -0.39 is 35.1 Å². The molecule has 0 saturated heterocycles. The van der Waals surface area contributed by atoms with Crippen molar-refractivity contribution in [3.05, 3.63) is 0 Å². The molecular formula is C16H28BrNO6. The van der Waals surface area contributed by atoms with Crippen molar-refractivity contribution in [3.63, 3.8) is 0 Å². The average Bonchev–Trinajstić information content (AvgIpc) is 2.42. The van der Waals surface area contributed by atoms with E-state index in [0.717, 1.165) is 5.06 Å². The zero-order valence-corrected chi connectivity index (χ0v) is 17.1. The summed E-state index contributed by atoms with van der Waals surface area (Å²) in [5.41, 5.74) is -1.63. The van der Waals surface area contributed by atoms with Crippen molar-refractivity contribution in [2.75, 3.05) is 12.4 Å². The zero-order chi connectivity index (χ0) is 19.1. The van der Waals surface area contributed by atoms with Crippen LogP contribution in [0, 0.1) is 0 Å². The van der Waals surface area contributed by atoms with E-state index in [4.69, 9.17) is 14.3 Å². The van der Waals surface area contributed by atoms with E-state index in [1.54, 1.807) is 41.5 Å². The molecule has 0 N–H and O–H groups in total. The molecule has 0 aliphatic carbocycles. The molecule has 1 amide bonds. The molecule has 7 nitrogen and oxygen atoms in total. The molecule has 0 aromatic carbocycles. The van der Waals surface area contributed by atoms with Crippen molar-refractivity contribution in [1.29, 1.82) is 0 Å². The van der Waals surface area contributed by atoms with E-state index in [1.807, 2.05) is 0 Å². The van der Waals surface area contributed by atoms with Crippen LogP contribution in [0.2, 0.25) is 0 Å². The van der Waals surface area contributed by atoms with E-state index in [1.165, 1.54) is 7.11 Å². The zero-order valence-electron chi connectivity index (χ0n) is 15.5. The van der Waals surface area contributed by atoms with Gasteiger partial charge in [0.2, 0.25) is 0 Å². The third-order valence-corrected chi connectivity index (χ3v) is 3.07. The predicted octanol–water partition coefficient (Wildman–Crippen LogP) is 2.60. The van der Waals surface area contributed by atoms with E-state index in [0.29, 0.717) is 11.8 Å². The molecule has 0 aliphatic rings. The SMILES string of the molecule is COC(=O)[C@H](CCCBr)N(OC(C)(C)C)C(=O)C(=O)OC(C)(C)C. The van der Waals surface area contributed by atoms with Crippen molar-refractivity contribution >= 4 is 33.8 Å². The van der Waals surface area contributed by atoms with Gasteiger partial charge in [-0.2, -0.15) is 5.06 Å². The minimum atomic E-state index is -1.08. The van der Waals surface area contributed by atoms with Crippen LogP contribution in [0.1, 0.15) is 54.4 Å². The highest BCUT2D eigenvalue weighted by Crippen LogP contribution is 2.19. The van der Waals surface area contributed by atoms with Crippen molar-refractivity contribution < 1.29 is 28.7 Å². The summed E-state index contributed by atoms with van der Waals surface area (Å²) in [5.74, 6) is -2.78. The largest absolute Gasteiger partial charge is 0.467 e. The van der Waals surface area contributed by atoms with Gasteiger partial charge in [-0.15, -0.1) is 0 Å². The summed E-state index contributed by atoms with van der Waals surface area (Å²) >= 11 is 3.28. The molecule has 0 unspecified atom stereocenters. The second-order valence-corrected chi connectivity index (χ2v) is 8.00. The summed E-state index contributed by atoms with van der Waals surface area (Å²) in [6, 6.07) is -1.04. The number of alkyl halides is 1. The first-order chi connectivity index (χ1) is 10.8. The van der Waals surface area contributed by atoms with E-state index in [2.05, 4.69) is 15.9 Å². The van der Waals surface area contributed by atoms with Gasteiger partial charge in [0.1, 0.15) is 5.60 Å². The molecule has 140 valence electrons. The van der Waals surface area contributed by atoms with Crippen LogP contribution in [0.5, 0.6) is 0 Å². The Hall–Kier alpha value is -1.15. The Morgan fingerprint density at radius 3 is 1.96 bits per heavy atom. The maximum Gasteiger partial charge on any atom is 0.399 e. The Morgan fingerprint density at radius 2 is 1.58 bits per heavy atom. The molecule has 0 fully saturated rings. The number of amides is 1. The number of rotatable bonds is 6. The quantitative estimate of drug-likeness (QED) is 0.290. The molecule has 0 heterocycles. The van der Waals surface area contributed by atoms with Crippen LogP contribution in [0.4, 0.5) is 0 Å². The molecule has 0 aliphatic heterocycles. The Kier molecular flexibility index (Phi) is 8.91. The van der Waals surface area contributed by atoms with Crippen molar-refractivity contribution in [3.8, 4) is 0 Å². The Bertz CT molecular complexity index is 452. The number of hydroxylamine groups is 2. The average molecular weight is 410 g/mol. The number of carbonyl (C=O) groups is 3. The van der Waals surface area contributed by atoms with E-state index in [9.17, 15) is 14.4 Å². The standard InChI is InChI=1S/C16H28BrNO6/c1-15(2,3)23-14(21)12(19)18(24-16(4,5)6)11(9-8-10-17)13(20)22-7/h11H,8-10H2,1-7H3/t11-/m0/s1. The van der Waals surface area contributed by atoms with Crippen LogP contribution in [0.25, 0.3) is 0 Å². The van der Waals surface area contributed by atoms with Gasteiger partial charge in [0.15, 0.2) is 6.04 Å². The maximum absolute atomic E-state index is 12.5. The van der Waals surface area contributed by atoms with Crippen LogP contribution < -0.4 is 0 Å². The van der Waals surface area contributed by atoms with Gasteiger partial charge < -0.3 is 9.47 Å². The molecule has 0 saturated carbocycles. The van der Waals surface area contributed by atoms with Crippen LogP contribution in [-0.4, -0.2) is 52.6 Å². The van der Waals surface area contributed by atoms with Gasteiger partial charge in [-0.05, 0) is 54.4 Å². The molecule has 0 radical (unpaired) electrons. The second kappa shape index (κ2) is 9.36. The monoisotopic (exact) mass is 409 g/mol. The number of methoxy groups -OCH3 is 1. The predicted molar refractivity (Wildman–Crippen MR) is 92.4 cm³/mol. The lowest BCUT2D eigenvalue weighted by Crippen LogP contribution is -2.52. The number of carbonyl (C=O) groups excluding carboxylic acids is 3. The van der Waals surface area contributed by atoms with Gasteiger partial charge in [-0.25, -0.2) is 9.59 Å². The number of ether oxygens (including phenoxy) is 2. The highest BCUT2D eigenvalue weighted by molar-refractivity contribution is 9.09. The van der Waals surface area contributed by atoms with Crippen LogP contribution >= 0.6 is 15.9 Å². The summed E-state index contributed by atoms with van der Waals surface area (Å²) < 4.78 is 9.85. The van der Waals surface area contributed by atoms with Gasteiger partial charge in [0.05, 0.1) is 12.7 Å². The van der Waals surface area contributed by atoms with Crippen molar-refractivity contribution in [1.82, 2.24) is 5.06 Å². The molecule has 24 heavy (non-hydrogen) atoms. The molecule has 0 aromatic rings. The van der Waals surface area contributed by atoms with Crippen LogP contribution in [0.3, 0.4) is 0 Å². The first-order valence-electron chi connectivity index (χ1n) is 7.72. The molecule has 0 spiro atoms. The topological polar surface area (TPSA) is 82.1 Å². The summed E-state index contributed by atoms with van der Waals surface area (Å²) in [7, 11) is 1.22. The van der Waals surface area contributed by atoms with Gasteiger partial charge >= 0.3 is 17.8 Å². The number of esters is 2. The van der Waals surface area contributed by atoms with Gasteiger partial charge in [-0.3, -0.25) is 9.63 Å². The molecule has 1 atom stereocenters. The van der Waals surface area contributed by atoms with Crippen molar-refractivity contribution in [2.45, 2.75) is 71.6 Å². The molecular weight excluding hydrogens is 382 g/mol. The number of hydrogen-bond donors (Lipinski definition) is 0. The minimum Gasteiger partial charge on any atom is -0.467 e. The highest BCUT2D eigenvalue weighted by atomic mass is 79.9. The molecule has 0 bridgehead atoms. The smallest absolute Gasteiger partial charge is 0.399 e.